The van der Waals surface area contributed by atoms with Crippen molar-refractivity contribution >= 4 is 23.2 Å². The largest absolute Gasteiger partial charge is 0.480 e. The first-order valence-corrected chi connectivity index (χ1v) is 8.59. The van der Waals surface area contributed by atoms with Crippen LogP contribution in [0.25, 0.3) is 0 Å². The van der Waals surface area contributed by atoms with Gasteiger partial charge in [-0.3, -0.25) is 9.59 Å². The summed E-state index contributed by atoms with van der Waals surface area (Å²) < 4.78 is 0. The van der Waals surface area contributed by atoms with Crippen LogP contribution >= 0.6 is 11.3 Å². The van der Waals surface area contributed by atoms with E-state index in [0.717, 1.165) is 18.4 Å². The molecule has 0 bridgehead atoms. The lowest BCUT2D eigenvalue weighted by molar-refractivity contribution is -0.144. The molecule has 1 amide bonds. The Morgan fingerprint density at radius 1 is 1.04 bits per heavy atom. The number of carbonyl (C=O) groups is 2. The Bertz CT molecular complexity index is 610. The molecular formula is C18H21NO3S. The van der Waals surface area contributed by atoms with Gasteiger partial charge < -0.3 is 10.0 Å². The molecule has 2 aromatic rings. The predicted octanol–water partition coefficient (Wildman–Crippen LogP) is 3.23. The zero-order chi connectivity index (χ0) is 16.5. The molecule has 0 radical (unpaired) electrons. The van der Waals surface area contributed by atoms with Crippen molar-refractivity contribution in [2.24, 2.45) is 0 Å². The molecule has 23 heavy (non-hydrogen) atoms. The first-order valence-electron chi connectivity index (χ1n) is 7.71. The van der Waals surface area contributed by atoms with Crippen molar-refractivity contribution in [3.63, 3.8) is 0 Å². The highest BCUT2D eigenvalue weighted by atomic mass is 32.1. The molecule has 0 atom stereocenters. The molecule has 0 aliphatic rings. The summed E-state index contributed by atoms with van der Waals surface area (Å²) in [6, 6.07) is 13.9. The van der Waals surface area contributed by atoms with E-state index in [-0.39, 0.29) is 12.5 Å². The van der Waals surface area contributed by atoms with Crippen molar-refractivity contribution in [2.45, 2.75) is 25.7 Å². The van der Waals surface area contributed by atoms with Crippen molar-refractivity contribution < 1.29 is 14.7 Å². The number of benzene rings is 1. The van der Waals surface area contributed by atoms with Crippen molar-refractivity contribution in [3.05, 3.63) is 58.3 Å². The fourth-order valence-electron chi connectivity index (χ4n) is 2.39. The Morgan fingerprint density at radius 3 is 2.48 bits per heavy atom. The molecule has 0 aliphatic heterocycles. The van der Waals surface area contributed by atoms with E-state index in [2.05, 4.69) is 6.07 Å². The molecule has 4 nitrogen and oxygen atoms in total. The third kappa shape index (κ3) is 6.24. The molecule has 1 heterocycles. The highest BCUT2D eigenvalue weighted by molar-refractivity contribution is 7.09. The summed E-state index contributed by atoms with van der Waals surface area (Å²) >= 11 is 1.68. The minimum Gasteiger partial charge on any atom is -0.480 e. The SMILES string of the molecule is O=C(O)CN(CCc1ccccc1)C(=O)CCCc1cccs1. The molecular weight excluding hydrogens is 310 g/mol. The van der Waals surface area contributed by atoms with Gasteiger partial charge in [0.2, 0.25) is 5.91 Å². The third-order valence-corrected chi connectivity index (χ3v) is 4.52. The number of amides is 1. The van der Waals surface area contributed by atoms with Crippen LogP contribution in [0.15, 0.2) is 47.8 Å². The molecule has 0 fully saturated rings. The van der Waals surface area contributed by atoms with Gasteiger partial charge in [0, 0.05) is 17.8 Å². The Labute approximate surface area is 140 Å². The Kier molecular flexibility index (Phi) is 6.81. The summed E-state index contributed by atoms with van der Waals surface area (Å²) in [5.41, 5.74) is 1.11. The molecule has 0 aliphatic carbocycles. The molecule has 0 spiro atoms. The maximum Gasteiger partial charge on any atom is 0.323 e. The molecule has 2 rings (SSSR count). The van der Waals surface area contributed by atoms with Gasteiger partial charge in [-0.05, 0) is 36.3 Å². The van der Waals surface area contributed by atoms with E-state index < -0.39 is 5.97 Å². The summed E-state index contributed by atoms with van der Waals surface area (Å²) in [4.78, 5) is 26.0. The Balaban J connectivity index is 1.83. The monoisotopic (exact) mass is 331 g/mol. The molecule has 1 N–H and O–H groups in total. The summed E-state index contributed by atoms with van der Waals surface area (Å²) in [5, 5.41) is 11.0. The zero-order valence-electron chi connectivity index (χ0n) is 13.0. The summed E-state index contributed by atoms with van der Waals surface area (Å²) in [6.45, 7) is 0.207. The average Bonchev–Trinajstić information content (AvgIpc) is 3.05. The smallest absolute Gasteiger partial charge is 0.323 e. The first-order chi connectivity index (χ1) is 11.1. The predicted molar refractivity (Wildman–Crippen MR) is 91.6 cm³/mol. The van der Waals surface area contributed by atoms with Crippen LogP contribution in [0.2, 0.25) is 0 Å². The van der Waals surface area contributed by atoms with Gasteiger partial charge in [0.25, 0.3) is 0 Å². The van der Waals surface area contributed by atoms with Crippen molar-refractivity contribution in [2.75, 3.05) is 13.1 Å². The van der Waals surface area contributed by atoms with Gasteiger partial charge in [-0.25, -0.2) is 0 Å². The second-order valence-electron chi connectivity index (χ2n) is 5.38. The van der Waals surface area contributed by atoms with Crippen LogP contribution in [0.3, 0.4) is 0 Å². The molecule has 1 aromatic heterocycles. The van der Waals surface area contributed by atoms with Crippen molar-refractivity contribution in [1.29, 1.82) is 0 Å². The van der Waals surface area contributed by atoms with Crippen LogP contribution in [0, 0.1) is 0 Å². The number of carboxylic acids is 1. The number of rotatable bonds is 9. The number of thiophene rings is 1. The molecule has 0 saturated heterocycles. The van der Waals surface area contributed by atoms with Crippen LogP contribution in [0.5, 0.6) is 0 Å². The lowest BCUT2D eigenvalue weighted by Gasteiger charge is -2.20. The number of hydrogen-bond acceptors (Lipinski definition) is 3. The van der Waals surface area contributed by atoms with E-state index in [1.165, 1.54) is 9.78 Å². The number of nitrogens with zero attached hydrogens (tertiary/aromatic N) is 1. The van der Waals surface area contributed by atoms with Gasteiger partial charge in [-0.2, -0.15) is 0 Å². The van der Waals surface area contributed by atoms with Gasteiger partial charge in [0.05, 0.1) is 0 Å². The molecule has 1 aromatic carbocycles. The van der Waals surface area contributed by atoms with E-state index in [0.29, 0.717) is 19.4 Å². The third-order valence-electron chi connectivity index (χ3n) is 3.59. The van der Waals surface area contributed by atoms with Crippen molar-refractivity contribution in [3.8, 4) is 0 Å². The standard InChI is InChI=1S/C18H21NO3S/c20-17(10-4-8-16-9-5-13-23-16)19(14-18(21)22)12-11-15-6-2-1-3-7-15/h1-3,5-7,9,13H,4,8,10-12,14H2,(H,21,22). The van der Waals surface area contributed by atoms with Crippen LogP contribution < -0.4 is 0 Å². The first kappa shape index (κ1) is 17.2. The van der Waals surface area contributed by atoms with E-state index in [9.17, 15) is 9.59 Å². The number of aryl methyl sites for hydroxylation is 1. The fraction of sp³-hybridized carbons (Fsp3) is 0.333. The van der Waals surface area contributed by atoms with Gasteiger partial charge in [0.1, 0.15) is 6.54 Å². The summed E-state index contributed by atoms with van der Waals surface area (Å²) in [6.07, 6.45) is 2.68. The van der Waals surface area contributed by atoms with Gasteiger partial charge in [-0.15, -0.1) is 11.3 Å². The normalized spacial score (nSPS) is 10.4. The van der Waals surface area contributed by atoms with Gasteiger partial charge in [0.15, 0.2) is 0 Å². The average molecular weight is 331 g/mol. The number of carbonyl (C=O) groups excluding carboxylic acids is 1. The summed E-state index contributed by atoms with van der Waals surface area (Å²) in [7, 11) is 0. The van der Waals surface area contributed by atoms with Crippen LogP contribution in [0.1, 0.15) is 23.3 Å². The van der Waals surface area contributed by atoms with Crippen LogP contribution in [-0.2, 0) is 22.4 Å². The second kappa shape index (κ2) is 9.10. The van der Waals surface area contributed by atoms with Crippen LogP contribution in [0.4, 0.5) is 0 Å². The molecule has 0 saturated carbocycles. The minimum absolute atomic E-state index is 0.0834. The van der Waals surface area contributed by atoms with Crippen LogP contribution in [-0.4, -0.2) is 35.0 Å². The Hall–Kier alpha value is -2.14. The Morgan fingerprint density at radius 2 is 1.83 bits per heavy atom. The maximum absolute atomic E-state index is 12.3. The topological polar surface area (TPSA) is 57.6 Å². The quantitative estimate of drug-likeness (QED) is 0.767. The van der Waals surface area contributed by atoms with E-state index in [4.69, 9.17) is 5.11 Å². The van der Waals surface area contributed by atoms with Gasteiger partial charge in [-0.1, -0.05) is 36.4 Å². The van der Waals surface area contributed by atoms with E-state index >= 15 is 0 Å². The second-order valence-corrected chi connectivity index (χ2v) is 6.41. The number of aliphatic carboxylic acids is 1. The maximum atomic E-state index is 12.3. The summed E-state index contributed by atoms with van der Waals surface area (Å²) in [5.74, 6) is -1.05. The highest BCUT2D eigenvalue weighted by Gasteiger charge is 2.16. The zero-order valence-corrected chi connectivity index (χ0v) is 13.8. The number of hydrogen-bond donors (Lipinski definition) is 1. The molecule has 122 valence electrons. The van der Waals surface area contributed by atoms with Crippen molar-refractivity contribution in [1.82, 2.24) is 4.90 Å². The highest BCUT2D eigenvalue weighted by Crippen LogP contribution is 2.13. The lowest BCUT2D eigenvalue weighted by Crippen LogP contribution is -2.37. The number of carboxylic acid groups (broad SMARTS) is 1. The van der Waals surface area contributed by atoms with Gasteiger partial charge >= 0.3 is 5.97 Å². The molecule has 5 heteroatoms. The fourth-order valence-corrected chi connectivity index (χ4v) is 3.14. The van der Waals surface area contributed by atoms with E-state index in [1.807, 2.05) is 41.8 Å². The minimum atomic E-state index is -0.968. The lowest BCUT2D eigenvalue weighted by atomic mass is 10.1. The van der Waals surface area contributed by atoms with E-state index in [1.54, 1.807) is 11.3 Å². The molecule has 0 unspecified atom stereocenters.